The number of carbonyl (C=O) groups is 2. The van der Waals surface area contributed by atoms with Gasteiger partial charge in [-0.2, -0.15) is 0 Å². The number of esters is 1. The van der Waals surface area contributed by atoms with Gasteiger partial charge in [-0.15, -0.1) is 11.3 Å². The van der Waals surface area contributed by atoms with Gasteiger partial charge in [0.05, 0.1) is 12.2 Å². The molecule has 1 aromatic carbocycles. The highest BCUT2D eigenvalue weighted by Gasteiger charge is 2.25. The molecule has 5 heteroatoms. The van der Waals surface area contributed by atoms with E-state index in [1.807, 2.05) is 31.2 Å². The van der Waals surface area contributed by atoms with Crippen molar-refractivity contribution >= 4 is 34.3 Å². The summed E-state index contributed by atoms with van der Waals surface area (Å²) in [5.74, 6) is -0.571. The predicted octanol–water partition coefficient (Wildman–Crippen LogP) is 5.54. The van der Waals surface area contributed by atoms with Crippen LogP contribution in [0.5, 0.6) is 0 Å². The van der Waals surface area contributed by atoms with Crippen LogP contribution in [0.15, 0.2) is 30.3 Å². The molecule has 0 atom stereocenters. The Hall–Kier alpha value is -2.40. The summed E-state index contributed by atoms with van der Waals surface area (Å²) >= 11 is 1.52. The van der Waals surface area contributed by atoms with E-state index in [0.29, 0.717) is 17.2 Å². The van der Waals surface area contributed by atoms with Crippen molar-refractivity contribution in [2.24, 2.45) is 0 Å². The average Bonchev–Trinajstić information content (AvgIpc) is 2.97. The first-order chi connectivity index (χ1) is 13.6. The van der Waals surface area contributed by atoms with Crippen molar-refractivity contribution in [1.29, 1.82) is 0 Å². The number of ether oxygens (including phenoxy) is 1. The van der Waals surface area contributed by atoms with Gasteiger partial charge in [0.15, 0.2) is 0 Å². The SMILES string of the molecule is CCOC(=O)c1c(NC(=O)C=Cc2ccc(C)cc2)sc2c1CCCCCC2. The number of anilines is 1. The molecule has 1 aromatic heterocycles. The molecule has 28 heavy (non-hydrogen) atoms. The molecule has 148 valence electrons. The average molecular weight is 398 g/mol. The monoisotopic (exact) mass is 397 g/mol. The Morgan fingerprint density at radius 1 is 1.11 bits per heavy atom. The molecule has 0 saturated heterocycles. The molecule has 3 rings (SSSR count). The zero-order valence-electron chi connectivity index (χ0n) is 16.5. The Balaban J connectivity index is 1.83. The number of carbonyl (C=O) groups excluding carboxylic acids is 2. The van der Waals surface area contributed by atoms with Crippen LogP contribution in [0.3, 0.4) is 0 Å². The highest BCUT2D eigenvalue weighted by atomic mass is 32.1. The van der Waals surface area contributed by atoms with Gasteiger partial charge in [0.25, 0.3) is 0 Å². The lowest BCUT2D eigenvalue weighted by atomic mass is 9.96. The number of thiophene rings is 1. The molecule has 0 saturated carbocycles. The second kappa shape index (κ2) is 9.69. The zero-order chi connectivity index (χ0) is 19.9. The van der Waals surface area contributed by atoms with Crippen molar-refractivity contribution in [2.75, 3.05) is 11.9 Å². The molecule has 0 fully saturated rings. The fraction of sp³-hybridized carbons (Fsp3) is 0.391. The van der Waals surface area contributed by atoms with Crippen LogP contribution in [-0.4, -0.2) is 18.5 Å². The number of hydrogen-bond donors (Lipinski definition) is 1. The standard InChI is InChI=1S/C23H27NO3S/c1-3-27-23(26)21-18-8-6-4-5-7-9-19(18)28-22(21)24-20(25)15-14-17-12-10-16(2)11-13-17/h10-15H,3-9H2,1-2H3,(H,24,25). The molecule has 0 bridgehead atoms. The minimum absolute atomic E-state index is 0.236. The van der Waals surface area contributed by atoms with Crippen LogP contribution in [0, 0.1) is 6.92 Å². The van der Waals surface area contributed by atoms with Crippen molar-refractivity contribution in [1.82, 2.24) is 0 Å². The van der Waals surface area contributed by atoms with Crippen LogP contribution in [0.25, 0.3) is 6.08 Å². The second-order valence-corrected chi connectivity index (χ2v) is 8.18. The van der Waals surface area contributed by atoms with E-state index in [-0.39, 0.29) is 11.9 Å². The van der Waals surface area contributed by atoms with Crippen molar-refractivity contribution in [2.45, 2.75) is 52.4 Å². The van der Waals surface area contributed by atoms with E-state index in [0.717, 1.165) is 36.8 Å². The minimum Gasteiger partial charge on any atom is -0.462 e. The van der Waals surface area contributed by atoms with E-state index < -0.39 is 0 Å². The van der Waals surface area contributed by atoms with E-state index in [4.69, 9.17) is 4.74 Å². The summed E-state index contributed by atoms with van der Waals surface area (Å²) in [6.45, 7) is 4.15. The first-order valence-electron chi connectivity index (χ1n) is 9.96. The van der Waals surface area contributed by atoms with Crippen LogP contribution in [-0.2, 0) is 22.4 Å². The fourth-order valence-electron chi connectivity index (χ4n) is 3.43. The van der Waals surface area contributed by atoms with E-state index >= 15 is 0 Å². The molecular weight excluding hydrogens is 370 g/mol. The Bertz CT molecular complexity index is 865. The maximum absolute atomic E-state index is 12.6. The molecule has 0 unspecified atom stereocenters. The van der Waals surface area contributed by atoms with Crippen molar-refractivity contribution in [3.05, 3.63) is 57.5 Å². The van der Waals surface area contributed by atoms with Gasteiger partial charge in [-0.05, 0) is 56.7 Å². The molecule has 1 N–H and O–H groups in total. The number of amides is 1. The quantitative estimate of drug-likeness (QED) is 0.532. The third-order valence-corrected chi connectivity index (χ3v) is 6.10. The first-order valence-corrected chi connectivity index (χ1v) is 10.8. The Kier molecular flexibility index (Phi) is 7.04. The molecule has 0 aliphatic heterocycles. The summed E-state index contributed by atoms with van der Waals surface area (Å²) in [5.41, 5.74) is 3.77. The maximum atomic E-state index is 12.6. The number of aryl methyl sites for hydroxylation is 2. The van der Waals surface area contributed by atoms with Gasteiger partial charge in [0.1, 0.15) is 5.00 Å². The molecule has 0 radical (unpaired) electrons. The summed E-state index contributed by atoms with van der Waals surface area (Å²) in [7, 11) is 0. The highest BCUT2D eigenvalue weighted by molar-refractivity contribution is 7.17. The largest absolute Gasteiger partial charge is 0.462 e. The van der Waals surface area contributed by atoms with E-state index in [9.17, 15) is 9.59 Å². The third-order valence-electron chi connectivity index (χ3n) is 4.89. The summed E-state index contributed by atoms with van der Waals surface area (Å²) in [6.07, 6.45) is 9.70. The third kappa shape index (κ3) is 5.10. The van der Waals surface area contributed by atoms with Crippen molar-refractivity contribution in [3.63, 3.8) is 0 Å². The van der Waals surface area contributed by atoms with Crippen LogP contribution < -0.4 is 5.32 Å². The number of nitrogens with one attached hydrogen (secondary N) is 1. The molecule has 1 amide bonds. The second-order valence-electron chi connectivity index (χ2n) is 7.08. The van der Waals surface area contributed by atoms with Crippen LogP contribution in [0.2, 0.25) is 0 Å². The topological polar surface area (TPSA) is 55.4 Å². The van der Waals surface area contributed by atoms with E-state index in [1.54, 1.807) is 13.0 Å². The maximum Gasteiger partial charge on any atom is 0.341 e. The van der Waals surface area contributed by atoms with Gasteiger partial charge in [-0.1, -0.05) is 42.7 Å². The minimum atomic E-state index is -0.335. The van der Waals surface area contributed by atoms with Gasteiger partial charge in [-0.25, -0.2) is 4.79 Å². The van der Waals surface area contributed by atoms with Crippen LogP contribution in [0.4, 0.5) is 5.00 Å². The Morgan fingerprint density at radius 2 is 1.82 bits per heavy atom. The Labute approximate surface area is 170 Å². The molecule has 2 aromatic rings. The molecular formula is C23H27NO3S. The summed E-state index contributed by atoms with van der Waals surface area (Å²) in [6, 6.07) is 7.96. The summed E-state index contributed by atoms with van der Waals surface area (Å²) in [5, 5.41) is 3.54. The smallest absolute Gasteiger partial charge is 0.341 e. The highest BCUT2D eigenvalue weighted by Crippen LogP contribution is 2.37. The van der Waals surface area contributed by atoms with Crippen LogP contribution in [0.1, 0.15) is 64.5 Å². The zero-order valence-corrected chi connectivity index (χ0v) is 17.4. The lowest BCUT2D eigenvalue weighted by Crippen LogP contribution is -2.13. The van der Waals surface area contributed by atoms with Gasteiger partial charge < -0.3 is 10.1 Å². The van der Waals surface area contributed by atoms with E-state index in [2.05, 4.69) is 5.32 Å². The fourth-order valence-corrected chi connectivity index (χ4v) is 4.71. The van der Waals surface area contributed by atoms with Gasteiger partial charge >= 0.3 is 5.97 Å². The number of hydrogen-bond acceptors (Lipinski definition) is 4. The molecule has 1 aliphatic rings. The van der Waals surface area contributed by atoms with E-state index in [1.165, 1.54) is 40.7 Å². The Morgan fingerprint density at radius 3 is 2.54 bits per heavy atom. The molecule has 1 aliphatic carbocycles. The van der Waals surface area contributed by atoms with Crippen LogP contribution >= 0.6 is 11.3 Å². The predicted molar refractivity (Wildman–Crippen MR) is 115 cm³/mol. The normalized spacial score (nSPS) is 14.2. The van der Waals surface area contributed by atoms with Gasteiger partial charge in [0.2, 0.25) is 5.91 Å². The lowest BCUT2D eigenvalue weighted by molar-refractivity contribution is -0.111. The van der Waals surface area contributed by atoms with Crippen molar-refractivity contribution < 1.29 is 14.3 Å². The van der Waals surface area contributed by atoms with Gasteiger partial charge in [-0.3, -0.25) is 4.79 Å². The summed E-state index contributed by atoms with van der Waals surface area (Å²) < 4.78 is 5.29. The number of rotatable bonds is 5. The molecule has 0 spiro atoms. The summed E-state index contributed by atoms with van der Waals surface area (Å²) in [4.78, 5) is 26.3. The first kappa shape index (κ1) is 20.3. The van der Waals surface area contributed by atoms with Gasteiger partial charge in [0, 0.05) is 11.0 Å². The molecule has 4 nitrogen and oxygen atoms in total. The molecule has 1 heterocycles. The number of benzene rings is 1. The lowest BCUT2D eigenvalue weighted by Gasteiger charge is -2.11. The number of fused-ring (bicyclic) bond motifs is 1. The van der Waals surface area contributed by atoms with Crippen molar-refractivity contribution in [3.8, 4) is 0 Å².